The Hall–Kier alpha value is -1.68. The van der Waals surface area contributed by atoms with E-state index in [-0.39, 0.29) is 6.04 Å². The zero-order valence-corrected chi connectivity index (χ0v) is 11.2. The predicted octanol–water partition coefficient (Wildman–Crippen LogP) is 2.31. The van der Waals surface area contributed by atoms with E-state index in [2.05, 4.69) is 40.6 Å². The molecule has 1 N–H and O–H groups in total. The van der Waals surface area contributed by atoms with Gasteiger partial charge in [0, 0.05) is 31.3 Å². The Bertz CT molecular complexity index is 504. The second kappa shape index (κ2) is 5.78. The molecule has 4 heteroatoms. The van der Waals surface area contributed by atoms with Gasteiger partial charge in [-0.15, -0.1) is 0 Å². The van der Waals surface area contributed by atoms with Crippen molar-refractivity contribution in [3.8, 4) is 0 Å². The zero-order chi connectivity index (χ0) is 13.0. The standard InChI is InChI=1S/C14H20N4/c1-4-16-13(12-10-15-7-6-11(12)3)14-17-8-9-18(14)5-2/h6-10,13,16H,4-5H2,1-3H3. The summed E-state index contributed by atoms with van der Waals surface area (Å²) in [6.45, 7) is 8.18. The van der Waals surface area contributed by atoms with Gasteiger partial charge in [-0.2, -0.15) is 0 Å². The summed E-state index contributed by atoms with van der Waals surface area (Å²) >= 11 is 0. The van der Waals surface area contributed by atoms with Crippen LogP contribution in [0.3, 0.4) is 0 Å². The maximum absolute atomic E-state index is 4.50. The van der Waals surface area contributed by atoms with Crippen molar-refractivity contribution in [3.63, 3.8) is 0 Å². The quantitative estimate of drug-likeness (QED) is 0.877. The van der Waals surface area contributed by atoms with Gasteiger partial charge >= 0.3 is 0 Å². The summed E-state index contributed by atoms with van der Waals surface area (Å²) in [7, 11) is 0. The number of nitrogens with zero attached hydrogens (tertiary/aromatic N) is 3. The van der Waals surface area contributed by atoms with Crippen molar-refractivity contribution < 1.29 is 0 Å². The molecule has 0 bridgehead atoms. The average molecular weight is 244 g/mol. The summed E-state index contributed by atoms with van der Waals surface area (Å²) in [5, 5.41) is 3.49. The lowest BCUT2D eigenvalue weighted by Crippen LogP contribution is -2.26. The molecular formula is C14H20N4. The lowest BCUT2D eigenvalue weighted by atomic mass is 10.0. The molecule has 2 aromatic heterocycles. The second-order valence-electron chi connectivity index (χ2n) is 4.29. The van der Waals surface area contributed by atoms with Crippen LogP contribution in [0, 0.1) is 6.92 Å². The van der Waals surface area contributed by atoms with Crippen LogP contribution in [-0.4, -0.2) is 21.1 Å². The molecule has 0 aliphatic rings. The van der Waals surface area contributed by atoms with E-state index in [0.717, 1.165) is 18.9 Å². The molecule has 2 aromatic rings. The minimum atomic E-state index is 0.110. The number of hydrogen-bond donors (Lipinski definition) is 1. The zero-order valence-electron chi connectivity index (χ0n) is 11.2. The van der Waals surface area contributed by atoms with Gasteiger partial charge < -0.3 is 9.88 Å². The molecule has 0 aliphatic carbocycles. The molecule has 1 unspecified atom stereocenters. The topological polar surface area (TPSA) is 42.7 Å². The van der Waals surface area contributed by atoms with E-state index in [4.69, 9.17) is 0 Å². The van der Waals surface area contributed by atoms with E-state index >= 15 is 0 Å². The van der Waals surface area contributed by atoms with Crippen LogP contribution in [0.1, 0.15) is 36.8 Å². The molecule has 0 fully saturated rings. The fraction of sp³-hybridized carbons (Fsp3) is 0.429. The smallest absolute Gasteiger partial charge is 0.130 e. The molecule has 4 nitrogen and oxygen atoms in total. The number of aromatic nitrogens is 3. The maximum Gasteiger partial charge on any atom is 0.130 e. The Kier molecular flexibility index (Phi) is 4.10. The van der Waals surface area contributed by atoms with Gasteiger partial charge in [-0.25, -0.2) is 4.98 Å². The van der Waals surface area contributed by atoms with E-state index in [1.807, 2.05) is 30.9 Å². The first kappa shape index (κ1) is 12.8. The monoisotopic (exact) mass is 244 g/mol. The fourth-order valence-electron chi connectivity index (χ4n) is 2.17. The van der Waals surface area contributed by atoms with Gasteiger partial charge in [0.25, 0.3) is 0 Å². The first-order valence-corrected chi connectivity index (χ1v) is 6.42. The SMILES string of the molecule is CCNC(c1cnccc1C)c1nccn1CC. The highest BCUT2D eigenvalue weighted by atomic mass is 15.1. The lowest BCUT2D eigenvalue weighted by Gasteiger charge is -2.20. The third kappa shape index (κ3) is 2.43. The molecule has 0 aromatic carbocycles. The normalized spacial score (nSPS) is 12.6. The Morgan fingerprint density at radius 3 is 2.83 bits per heavy atom. The van der Waals surface area contributed by atoms with Crippen LogP contribution in [0.25, 0.3) is 0 Å². The van der Waals surface area contributed by atoms with Crippen molar-refractivity contribution in [1.29, 1.82) is 0 Å². The summed E-state index contributed by atoms with van der Waals surface area (Å²) in [5.41, 5.74) is 2.43. The Morgan fingerprint density at radius 1 is 1.33 bits per heavy atom. The van der Waals surface area contributed by atoms with Gasteiger partial charge in [-0.05, 0) is 37.6 Å². The minimum absolute atomic E-state index is 0.110. The number of nitrogens with one attached hydrogen (secondary N) is 1. The fourth-order valence-corrected chi connectivity index (χ4v) is 2.17. The molecule has 0 amide bonds. The molecule has 0 saturated carbocycles. The molecule has 0 aliphatic heterocycles. The Labute approximate surface area is 108 Å². The molecule has 0 radical (unpaired) electrons. The first-order valence-electron chi connectivity index (χ1n) is 6.42. The van der Waals surface area contributed by atoms with E-state index < -0.39 is 0 Å². The highest BCUT2D eigenvalue weighted by Crippen LogP contribution is 2.22. The van der Waals surface area contributed by atoms with Crippen LogP contribution in [0.15, 0.2) is 30.9 Å². The van der Waals surface area contributed by atoms with Gasteiger partial charge in [0.2, 0.25) is 0 Å². The van der Waals surface area contributed by atoms with Crippen molar-refractivity contribution in [2.75, 3.05) is 6.54 Å². The van der Waals surface area contributed by atoms with Crippen LogP contribution < -0.4 is 5.32 Å². The number of pyridine rings is 1. The van der Waals surface area contributed by atoms with Crippen LogP contribution in [0.5, 0.6) is 0 Å². The van der Waals surface area contributed by atoms with Crippen molar-refractivity contribution in [1.82, 2.24) is 19.9 Å². The second-order valence-corrected chi connectivity index (χ2v) is 4.29. The van der Waals surface area contributed by atoms with E-state index in [9.17, 15) is 0 Å². The van der Waals surface area contributed by atoms with Crippen molar-refractivity contribution in [2.24, 2.45) is 0 Å². The first-order chi connectivity index (χ1) is 8.77. The van der Waals surface area contributed by atoms with Crippen LogP contribution in [0.2, 0.25) is 0 Å². The van der Waals surface area contributed by atoms with Gasteiger partial charge in [-0.3, -0.25) is 4.98 Å². The maximum atomic E-state index is 4.50. The average Bonchev–Trinajstić information content (AvgIpc) is 2.85. The van der Waals surface area contributed by atoms with E-state index in [1.165, 1.54) is 11.1 Å². The van der Waals surface area contributed by atoms with E-state index in [1.54, 1.807) is 0 Å². The summed E-state index contributed by atoms with van der Waals surface area (Å²) in [6.07, 6.45) is 7.63. The minimum Gasteiger partial charge on any atom is -0.334 e. The van der Waals surface area contributed by atoms with Gasteiger partial charge in [0.15, 0.2) is 0 Å². The third-order valence-corrected chi connectivity index (χ3v) is 3.15. The summed E-state index contributed by atoms with van der Waals surface area (Å²) < 4.78 is 2.17. The van der Waals surface area contributed by atoms with Crippen LogP contribution >= 0.6 is 0 Å². The van der Waals surface area contributed by atoms with Gasteiger partial charge in [-0.1, -0.05) is 6.92 Å². The highest BCUT2D eigenvalue weighted by Gasteiger charge is 2.19. The van der Waals surface area contributed by atoms with Crippen LogP contribution in [0.4, 0.5) is 0 Å². The molecule has 18 heavy (non-hydrogen) atoms. The molecule has 2 rings (SSSR count). The molecule has 0 spiro atoms. The summed E-state index contributed by atoms with van der Waals surface area (Å²) in [4.78, 5) is 8.73. The molecular weight excluding hydrogens is 224 g/mol. The summed E-state index contributed by atoms with van der Waals surface area (Å²) in [5.74, 6) is 1.05. The van der Waals surface area contributed by atoms with Crippen molar-refractivity contribution in [3.05, 3.63) is 47.8 Å². The molecule has 2 heterocycles. The van der Waals surface area contributed by atoms with Gasteiger partial charge in [0.05, 0.1) is 6.04 Å². The molecule has 0 saturated heterocycles. The lowest BCUT2D eigenvalue weighted by molar-refractivity contribution is 0.555. The Balaban J connectivity index is 2.43. The third-order valence-electron chi connectivity index (χ3n) is 3.15. The number of hydrogen-bond acceptors (Lipinski definition) is 3. The number of imidazole rings is 1. The largest absolute Gasteiger partial charge is 0.334 e. The molecule has 96 valence electrons. The predicted molar refractivity (Wildman–Crippen MR) is 72.4 cm³/mol. The number of aryl methyl sites for hydroxylation is 2. The van der Waals surface area contributed by atoms with Gasteiger partial charge in [0.1, 0.15) is 5.82 Å². The summed E-state index contributed by atoms with van der Waals surface area (Å²) in [6, 6.07) is 2.15. The highest BCUT2D eigenvalue weighted by molar-refractivity contribution is 5.30. The van der Waals surface area contributed by atoms with Crippen molar-refractivity contribution in [2.45, 2.75) is 33.4 Å². The van der Waals surface area contributed by atoms with Crippen LogP contribution in [-0.2, 0) is 6.54 Å². The van der Waals surface area contributed by atoms with Crippen molar-refractivity contribution >= 4 is 0 Å². The number of rotatable bonds is 5. The van der Waals surface area contributed by atoms with E-state index in [0.29, 0.717) is 0 Å². The Morgan fingerprint density at radius 2 is 2.17 bits per heavy atom. The molecule has 1 atom stereocenters.